The van der Waals surface area contributed by atoms with Crippen molar-refractivity contribution in [3.63, 3.8) is 0 Å². The minimum atomic E-state index is 0.0320. The monoisotopic (exact) mass is 300 g/mol. The quantitative estimate of drug-likeness (QED) is 0.789. The second-order valence-electron chi connectivity index (χ2n) is 5.62. The van der Waals surface area contributed by atoms with E-state index in [1.54, 1.807) is 0 Å². The molecule has 0 saturated carbocycles. The smallest absolute Gasteiger partial charge is 0.125 e. The van der Waals surface area contributed by atoms with E-state index in [9.17, 15) is 0 Å². The van der Waals surface area contributed by atoms with Crippen LogP contribution in [0.2, 0.25) is 5.02 Å². The Morgan fingerprint density at radius 3 is 2.89 bits per heavy atom. The first-order valence-corrected chi connectivity index (χ1v) is 7.71. The van der Waals surface area contributed by atoms with Crippen molar-refractivity contribution < 1.29 is 9.47 Å². The number of rotatable bonds is 3. The fourth-order valence-corrected chi connectivity index (χ4v) is 3.65. The maximum atomic E-state index is 6.22. The third-order valence-corrected chi connectivity index (χ3v) is 4.86. The van der Waals surface area contributed by atoms with E-state index in [0.29, 0.717) is 5.88 Å². The molecule has 19 heavy (non-hydrogen) atoms. The lowest BCUT2D eigenvalue weighted by molar-refractivity contribution is 0.00453. The van der Waals surface area contributed by atoms with Crippen LogP contribution in [-0.2, 0) is 17.6 Å². The Labute approximate surface area is 124 Å². The molecular formula is C15H18Cl2O2. The van der Waals surface area contributed by atoms with Crippen LogP contribution in [0.3, 0.4) is 0 Å². The van der Waals surface area contributed by atoms with Crippen LogP contribution in [0, 0.1) is 5.41 Å². The lowest BCUT2D eigenvalue weighted by Crippen LogP contribution is -2.35. The maximum absolute atomic E-state index is 6.22. The van der Waals surface area contributed by atoms with Gasteiger partial charge in [0.1, 0.15) is 5.75 Å². The number of benzene rings is 1. The van der Waals surface area contributed by atoms with Crippen LogP contribution in [0.4, 0.5) is 0 Å². The van der Waals surface area contributed by atoms with Gasteiger partial charge in [-0.05, 0) is 42.5 Å². The third kappa shape index (κ3) is 2.72. The van der Waals surface area contributed by atoms with E-state index in [1.165, 1.54) is 11.1 Å². The standard InChI is InChI=1S/C15H18Cl2O2/c16-9-15(3-1-4-18-10-15)8-12-7-13(17)6-11-2-5-19-14(11)12/h6-7H,1-5,8-10H2. The third-order valence-electron chi connectivity index (χ3n) is 4.08. The van der Waals surface area contributed by atoms with E-state index in [-0.39, 0.29) is 5.41 Å². The molecule has 2 aliphatic heterocycles. The van der Waals surface area contributed by atoms with Crippen molar-refractivity contribution in [1.82, 2.24) is 0 Å². The number of ether oxygens (including phenoxy) is 2. The zero-order valence-electron chi connectivity index (χ0n) is 10.9. The van der Waals surface area contributed by atoms with E-state index >= 15 is 0 Å². The first-order valence-electron chi connectivity index (χ1n) is 6.80. The lowest BCUT2D eigenvalue weighted by atomic mass is 9.78. The van der Waals surface area contributed by atoms with Crippen molar-refractivity contribution in [3.8, 4) is 5.75 Å². The number of alkyl halides is 1. The van der Waals surface area contributed by atoms with Gasteiger partial charge in [-0.3, -0.25) is 0 Å². The van der Waals surface area contributed by atoms with Crippen LogP contribution < -0.4 is 4.74 Å². The molecule has 1 fully saturated rings. The zero-order chi connectivity index (χ0) is 13.3. The average molecular weight is 301 g/mol. The van der Waals surface area contributed by atoms with Crippen LogP contribution >= 0.6 is 23.2 Å². The Morgan fingerprint density at radius 1 is 1.26 bits per heavy atom. The predicted molar refractivity (Wildman–Crippen MR) is 77.6 cm³/mol. The van der Waals surface area contributed by atoms with Crippen molar-refractivity contribution in [2.45, 2.75) is 25.7 Å². The summed E-state index contributed by atoms with van der Waals surface area (Å²) < 4.78 is 11.4. The van der Waals surface area contributed by atoms with Gasteiger partial charge in [-0.2, -0.15) is 0 Å². The molecular weight excluding hydrogens is 283 g/mol. The summed E-state index contributed by atoms with van der Waals surface area (Å²) >= 11 is 12.4. The Morgan fingerprint density at radius 2 is 2.16 bits per heavy atom. The summed E-state index contributed by atoms with van der Waals surface area (Å²) in [5.74, 6) is 1.65. The molecule has 4 heteroatoms. The number of halogens is 2. The average Bonchev–Trinajstić information content (AvgIpc) is 2.88. The highest BCUT2D eigenvalue weighted by molar-refractivity contribution is 6.30. The van der Waals surface area contributed by atoms with E-state index in [1.807, 2.05) is 12.1 Å². The molecule has 1 aromatic carbocycles. The summed E-state index contributed by atoms with van der Waals surface area (Å²) in [6, 6.07) is 4.03. The van der Waals surface area contributed by atoms with Crippen molar-refractivity contribution in [1.29, 1.82) is 0 Å². The highest BCUT2D eigenvalue weighted by Crippen LogP contribution is 2.40. The molecule has 0 aliphatic carbocycles. The number of fused-ring (bicyclic) bond motifs is 1. The molecule has 0 bridgehead atoms. The van der Waals surface area contributed by atoms with Gasteiger partial charge in [-0.25, -0.2) is 0 Å². The minimum Gasteiger partial charge on any atom is -0.493 e. The molecule has 0 amide bonds. The Kier molecular flexibility index (Phi) is 3.93. The van der Waals surface area contributed by atoms with Gasteiger partial charge in [0.25, 0.3) is 0 Å². The van der Waals surface area contributed by atoms with E-state index in [4.69, 9.17) is 32.7 Å². The molecule has 0 radical (unpaired) electrons. The first-order chi connectivity index (χ1) is 9.22. The van der Waals surface area contributed by atoms with Gasteiger partial charge in [-0.1, -0.05) is 11.6 Å². The van der Waals surface area contributed by atoms with Crippen molar-refractivity contribution >= 4 is 23.2 Å². The van der Waals surface area contributed by atoms with Gasteiger partial charge in [0.05, 0.1) is 13.2 Å². The summed E-state index contributed by atoms with van der Waals surface area (Å²) in [7, 11) is 0. The SMILES string of the molecule is ClCC1(Cc2cc(Cl)cc3c2OCC3)CCCOC1. The molecule has 0 aromatic heterocycles. The van der Waals surface area contributed by atoms with E-state index < -0.39 is 0 Å². The predicted octanol–water partition coefficient (Wildman–Crippen LogP) is 3.85. The second-order valence-corrected chi connectivity index (χ2v) is 6.32. The molecule has 2 nitrogen and oxygen atoms in total. The molecule has 1 saturated heterocycles. The summed E-state index contributed by atoms with van der Waals surface area (Å²) in [5.41, 5.74) is 2.44. The summed E-state index contributed by atoms with van der Waals surface area (Å²) in [5, 5.41) is 0.792. The maximum Gasteiger partial charge on any atom is 0.125 e. The topological polar surface area (TPSA) is 18.5 Å². The van der Waals surface area contributed by atoms with Crippen LogP contribution in [0.5, 0.6) is 5.75 Å². The van der Waals surface area contributed by atoms with E-state index in [2.05, 4.69) is 0 Å². The van der Waals surface area contributed by atoms with Crippen LogP contribution in [-0.4, -0.2) is 25.7 Å². The highest BCUT2D eigenvalue weighted by atomic mass is 35.5. The molecule has 1 unspecified atom stereocenters. The molecule has 2 aliphatic rings. The summed E-state index contributed by atoms with van der Waals surface area (Å²) in [6.45, 7) is 2.34. The fourth-order valence-electron chi connectivity index (χ4n) is 3.08. The number of hydrogen-bond donors (Lipinski definition) is 0. The summed E-state index contributed by atoms with van der Waals surface area (Å²) in [4.78, 5) is 0. The zero-order valence-corrected chi connectivity index (χ0v) is 12.4. The molecule has 2 heterocycles. The Balaban J connectivity index is 1.90. The fraction of sp³-hybridized carbons (Fsp3) is 0.600. The van der Waals surface area contributed by atoms with Gasteiger partial charge in [-0.15, -0.1) is 11.6 Å². The van der Waals surface area contributed by atoms with Gasteiger partial charge >= 0.3 is 0 Å². The molecule has 1 atom stereocenters. The van der Waals surface area contributed by atoms with Gasteiger partial charge in [0, 0.05) is 29.3 Å². The lowest BCUT2D eigenvalue weighted by Gasteiger charge is -2.35. The summed E-state index contributed by atoms with van der Waals surface area (Å²) in [6.07, 6.45) is 4.03. The molecule has 3 rings (SSSR count). The normalized spacial score (nSPS) is 26.0. The van der Waals surface area contributed by atoms with Crippen LogP contribution in [0.1, 0.15) is 24.0 Å². The van der Waals surface area contributed by atoms with Crippen LogP contribution in [0.15, 0.2) is 12.1 Å². The first kappa shape index (κ1) is 13.5. The van der Waals surface area contributed by atoms with Gasteiger partial charge in [0.15, 0.2) is 0 Å². The van der Waals surface area contributed by atoms with E-state index in [0.717, 1.165) is 56.3 Å². The molecule has 0 spiro atoms. The molecule has 104 valence electrons. The Hall–Kier alpha value is -0.440. The van der Waals surface area contributed by atoms with Gasteiger partial charge in [0.2, 0.25) is 0 Å². The molecule has 1 aromatic rings. The molecule has 0 N–H and O–H groups in total. The minimum absolute atomic E-state index is 0.0320. The highest BCUT2D eigenvalue weighted by Gasteiger charge is 2.34. The Bertz CT molecular complexity index is 467. The largest absolute Gasteiger partial charge is 0.493 e. The van der Waals surface area contributed by atoms with Crippen molar-refractivity contribution in [2.75, 3.05) is 25.7 Å². The van der Waals surface area contributed by atoms with Crippen LogP contribution in [0.25, 0.3) is 0 Å². The van der Waals surface area contributed by atoms with Gasteiger partial charge < -0.3 is 9.47 Å². The number of hydrogen-bond acceptors (Lipinski definition) is 2. The van der Waals surface area contributed by atoms with Crippen molar-refractivity contribution in [2.24, 2.45) is 5.41 Å². The second kappa shape index (κ2) is 5.51. The van der Waals surface area contributed by atoms with Crippen molar-refractivity contribution in [3.05, 3.63) is 28.3 Å².